The van der Waals surface area contributed by atoms with Crippen LogP contribution in [0.3, 0.4) is 0 Å². The van der Waals surface area contributed by atoms with Crippen molar-refractivity contribution in [2.24, 2.45) is 0 Å². The van der Waals surface area contributed by atoms with Gasteiger partial charge >= 0.3 is 12.1 Å². The third-order valence-electron chi connectivity index (χ3n) is 2.44. The summed E-state index contributed by atoms with van der Waals surface area (Å²) in [6, 6.07) is 4.48. The number of alkyl halides is 3. The van der Waals surface area contributed by atoms with E-state index in [0.29, 0.717) is 0 Å². The number of carbonyl (C=O) groups is 1. The SMILES string of the molecule is Nn1c(SCC(=O)O)nnc1-c1cccc(C(F)(F)F)c1. The van der Waals surface area contributed by atoms with Crippen molar-refractivity contribution in [1.29, 1.82) is 0 Å². The molecule has 10 heteroatoms. The van der Waals surface area contributed by atoms with Gasteiger partial charge < -0.3 is 10.9 Å². The average molecular weight is 318 g/mol. The molecule has 112 valence electrons. The van der Waals surface area contributed by atoms with Crippen LogP contribution >= 0.6 is 11.8 Å². The van der Waals surface area contributed by atoms with Crippen LogP contribution in [-0.2, 0) is 11.0 Å². The maximum atomic E-state index is 12.7. The summed E-state index contributed by atoms with van der Waals surface area (Å²) in [6.07, 6.45) is -4.48. The first-order chi connectivity index (χ1) is 9.79. The first-order valence-corrected chi connectivity index (χ1v) is 6.50. The number of nitrogen functional groups attached to an aromatic ring is 1. The Balaban J connectivity index is 2.33. The molecule has 0 bridgehead atoms. The summed E-state index contributed by atoms with van der Waals surface area (Å²) < 4.78 is 38.9. The van der Waals surface area contributed by atoms with Gasteiger partial charge in [0.2, 0.25) is 5.16 Å². The molecule has 0 aliphatic rings. The minimum Gasteiger partial charge on any atom is -0.481 e. The summed E-state index contributed by atoms with van der Waals surface area (Å²) in [7, 11) is 0. The lowest BCUT2D eigenvalue weighted by Gasteiger charge is -2.08. The average Bonchev–Trinajstić information content (AvgIpc) is 2.77. The molecule has 0 atom stereocenters. The molecule has 3 N–H and O–H groups in total. The number of benzene rings is 1. The van der Waals surface area contributed by atoms with Crippen LogP contribution in [0.2, 0.25) is 0 Å². The fourth-order valence-electron chi connectivity index (χ4n) is 1.53. The quantitative estimate of drug-likeness (QED) is 0.660. The van der Waals surface area contributed by atoms with Crippen molar-refractivity contribution >= 4 is 17.7 Å². The molecule has 0 spiro atoms. The van der Waals surface area contributed by atoms with Crippen molar-refractivity contribution in [3.05, 3.63) is 29.8 Å². The largest absolute Gasteiger partial charge is 0.481 e. The van der Waals surface area contributed by atoms with Crippen LogP contribution in [0, 0.1) is 0 Å². The maximum Gasteiger partial charge on any atom is 0.416 e. The van der Waals surface area contributed by atoms with Gasteiger partial charge in [0, 0.05) is 5.56 Å². The molecule has 0 fully saturated rings. The highest BCUT2D eigenvalue weighted by Crippen LogP contribution is 2.32. The van der Waals surface area contributed by atoms with E-state index in [0.717, 1.165) is 28.6 Å². The Hall–Kier alpha value is -2.23. The molecule has 1 heterocycles. The summed E-state index contributed by atoms with van der Waals surface area (Å²) in [5, 5.41) is 16.0. The fraction of sp³-hybridized carbons (Fsp3) is 0.182. The van der Waals surface area contributed by atoms with Gasteiger partial charge in [-0.25, -0.2) is 4.68 Å². The van der Waals surface area contributed by atoms with Crippen LogP contribution in [0.1, 0.15) is 5.56 Å². The minimum atomic E-state index is -4.48. The van der Waals surface area contributed by atoms with Crippen LogP contribution in [-0.4, -0.2) is 31.7 Å². The van der Waals surface area contributed by atoms with E-state index in [-0.39, 0.29) is 22.3 Å². The van der Waals surface area contributed by atoms with Gasteiger partial charge in [-0.05, 0) is 12.1 Å². The van der Waals surface area contributed by atoms with E-state index in [2.05, 4.69) is 10.2 Å². The van der Waals surface area contributed by atoms with E-state index >= 15 is 0 Å². The molecule has 0 aliphatic heterocycles. The monoisotopic (exact) mass is 318 g/mol. The van der Waals surface area contributed by atoms with Crippen LogP contribution in [0.5, 0.6) is 0 Å². The predicted octanol–water partition coefficient (Wildman–Crippen LogP) is 1.85. The molecule has 0 radical (unpaired) electrons. The van der Waals surface area contributed by atoms with Gasteiger partial charge in [0.25, 0.3) is 0 Å². The second-order valence-electron chi connectivity index (χ2n) is 3.94. The molecule has 1 aromatic carbocycles. The zero-order valence-corrected chi connectivity index (χ0v) is 11.1. The molecule has 21 heavy (non-hydrogen) atoms. The molecule has 0 saturated heterocycles. The number of nitrogens with two attached hydrogens (primary N) is 1. The van der Waals surface area contributed by atoms with Crippen molar-refractivity contribution in [1.82, 2.24) is 14.9 Å². The molecule has 0 aliphatic carbocycles. The molecule has 2 aromatic rings. The number of thioether (sulfide) groups is 1. The smallest absolute Gasteiger partial charge is 0.416 e. The normalized spacial score (nSPS) is 11.6. The molecule has 6 nitrogen and oxygen atoms in total. The molecular formula is C11H9F3N4O2S. The second-order valence-corrected chi connectivity index (χ2v) is 4.88. The van der Waals surface area contributed by atoms with Gasteiger partial charge in [0.05, 0.1) is 11.3 Å². The summed E-state index contributed by atoms with van der Waals surface area (Å²) in [5.74, 6) is 4.35. The van der Waals surface area contributed by atoms with Crippen molar-refractivity contribution in [3.63, 3.8) is 0 Å². The molecule has 0 unspecified atom stereocenters. The molecular weight excluding hydrogens is 309 g/mol. The zero-order chi connectivity index (χ0) is 15.6. The first-order valence-electron chi connectivity index (χ1n) is 5.52. The number of carboxylic acid groups (broad SMARTS) is 1. The number of halogens is 3. The van der Waals surface area contributed by atoms with Crippen LogP contribution in [0.25, 0.3) is 11.4 Å². The van der Waals surface area contributed by atoms with Crippen LogP contribution in [0.15, 0.2) is 29.4 Å². The van der Waals surface area contributed by atoms with Gasteiger partial charge in [-0.2, -0.15) is 13.2 Å². The van der Waals surface area contributed by atoms with Crippen molar-refractivity contribution in [2.75, 3.05) is 11.6 Å². The summed E-state index contributed by atoms with van der Waals surface area (Å²) >= 11 is 0.823. The highest BCUT2D eigenvalue weighted by molar-refractivity contribution is 7.99. The van der Waals surface area contributed by atoms with E-state index in [1.54, 1.807) is 0 Å². The Kier molecular flexibility index (Phi) is 4.07. The van der Waals surface area contributed by atoms with Gasteiger partial charge in [0.1, 0.15) is 0 Å². The van der Waals surface area contributed by atoms with Gasteiger partial charge in [-0.3, -0.25) is 4.79 Å². The number of aliphatic carboxylic acids is 1. The minimum absolute atomic E-state index is 0.0222. The number of hydrogen-bond donors (Lipinski definition) is 2. The second kappa shape index (κ2) is 5.64. The Morgan fingerprint density at radius 1 is 1.38 bits per heavy atom. The number of rotatable bonds is 4. The van der Waals surface area contributed by atoms with Gasteiger partial charge in [-0.15, -0.1) is 10.2 Å². The van der Waals surface area contributed by atoms with E-state index in [4.69, 9.17) is 10.9 Å². The van der Waals surface area contributed by atoms with E-state index < -0.39 is 17.7 Å². The third-order valence-corrected chi connectivity index (χ3v) is 3.37. The standard InChI is InChI=1S/C11H9F3N4O2S/c12-11(13,14)7-3-1-2-6(4-7)9-16-17-10(18(9)15)21-5-8(19)20/h1-4H,5,15H2,(H,19,20). The van der Waals surface area contributed by atoms with Crippen LogP contribution in [0.4, 0.5) is 13.2 Å². The Bertz CT molecular complexity index is 672. The van der Waals surface area contributed by atoms with Gasteiger partial charge in [0.15, 0.2) is 5.82 Å². The number of carboxylic acids is 1. The summed E-state index contributed by atoms with van der Waals surface area (Å²) in [4.78, 5) is 10.5. The lowest BCUT2D eigenvalue weighted by atomic mass is 10.1. The third kappa shape index (κ3) is 3.45. The van der Waals surface area contributed by atoms with Crippen LogP contribution < -0.4 is 5.84 Å². The lowest BCUT2D eigenvalue weighted by Crippen LogP contribution is -2.13. The molecule has 0 amide bonds. The van der Waals surface area contributed by atoms with E-state index in [1.807, 2.05) is 0 Å². The van der Waals surface area contributed by atoms with Crippen molar-refractivity contribution in [2.45, 2.75) is 11.3 Å². The van der Waals surface area contributed by atoms with E-state index in [1.165, 1.54) is 12.1 Å². The predicted molar refractivity (Wildman–Crippen MR) is 69.0 cm³/mol. The zero-order valence-electron chi connectivity index (χ0n) is 10.3. The summed E-state index contributed by atoms with van der Waals surface area (Å²) in [5.41, 5.74) is -0.690. The highest BCUT2D eigenvalue weighted by atomic mass is 32.2. The van der Waals surface area contributed by atoms with E-state index in [9.17, 15) is 18.0 Å². The Morgan fingerprint density at radius 2 is 2.10 bits per heavy atom. The number of aromatic nitrogens is 3. The highest BCUT2D eigenvalue weighted by Gasteiger charge is 2.30. The number of nitrogens with zero attached hydrogens (tertiary/aromatic N) is 3. The molecule has 1 aromatic heterocycles. The maximum absolute atomic E-state index is 12.7. The first kappa shape index (κ1) is 15.2. The Labute approximate surface area is 120 Å². The molecule has 0 saturated carbocycles. The van der Waals surface area contributed by atoms with Crippen molar-refractivity contribution < 1.29 is 23.1 Å². The fourth-order valence-corrected chi connectivity index (χ4v) is 2.11. The summed E-state index contributed by atoms with van der Waals surface area (Å²) in [6.45, 7) is 0. The topological polar surface area (TPSA) is 94.0 Å². The van der Waals surface area contributed by atoms with Crippen molar-refractivity contribution in [3.8, 4) is 11.4 Å². The van der Waals surface area contributed by atoms with Gasteiger partial charge in [-0.1, -0.05) is 23.9 Å². The lowest BCUT2D eigenvalue weighted by molar-refractivity contribution is -0.137. The molecule has 2 rings (SSSR count). The Morgan fingerprint density at radius 3 is 2.71 bits per heavy atom. The number of hydrogen-bond acceptors (Lipinski definition) is 5.